The van der Waals surface area contributed by atoms with E-state index in [0.717, 1.165) is 12.8 Å². The Morgan fingerprint density at radius 3 is 1.75 bits per heavy atom. The summed E-state index contributed by atoms with van der Waals surface area (Å²) in [5.41, 5.74) is 2.18. The van der Waals surface area contributed by atoms with Gasteiger partial charge in [0.05, 0.1) is 5.41 Å². The second kappa shape index (κ2) is 5.12. The molecule has 0 aromatic heterocycles. The first-order chi connectivity index (χ1) is 9.78. The van der Waals surface area contributed by atoms with E-state index < -0.39 is 0 Å². The zero-order valence-corrected chi connectivity index (χ0v) is 11.7. The molecule has 1 N–H and O–H groups in total. The largest absolute Gasteiger partial charge is 0.359 e. The summed E-state index contributed by atoms with van der Waals surface area (Å²) in [6, 6.07) is 20.7. The van der Waals surface area contributed by atoms with Gasteiger partial charge in [0, 0.05) is 13.0 Å². The predicted octanol–water partition coefficient (Wildman–Crippen LogP) is 3.34. The molecule has 1 aliphatic carbocycles. The molecular weight excluding hydrogens is 246 g/mol. The lowest BCUT2D eigenvalue weighted by Crippen LogP contribution is -2.34. The normalized spacial score (nSPS) is 15.9. The molecule has 2 aromatic carbocycles. The number of amides is 1. The maximum atomic E-state index is 12.4. The Bertz CT molecular complexity index is 548. The van der Waals surface area contributed by atoms with Gasteiger partial charge in [0.15, 0.2) is 0 Å². The molecule has 0 spiro atoms. The summed E-state index contributed by atoms with van der Waals surface area (Å²) in [5.74, 6) is 0.306. The van der Waals surface area contributed by atoms with Crippen LogP contribution in [0.1, 0.15) is 29.9 Å². The summed E-state index contributed by atoms with van der Waals surface area (Å²) in [6.07, 6.45) is 1.92. The van der Waals surface area contributed by atoms with Crippen molar-refractivity contribution in [1.29, 1.82) is 0 Å². The third-order valence-corrected chi connectivity index (χ3v) is 4.29. The fraction of sp³-hybridized carbons (Fsp3) is 0.278. The molecule has 0 heterocycles. The SMILES string of the molecule is CNC(=O)C1(C(c2ccccc2)c2ccccc2)CC1. The molecule has 2 nitrogen and oxygen atoms in total. The predicted molar refractivity (Wildman–Crippen MR) is 80.5 cm³/mol. The quantitative estimate of drug-likeness (QED) is 0.902. The van der Waals surface area contributed by atoms with Gasteiger partial charge in [0.25, 0.3) is 0 Å². The Kier molecular flexibility index (Phi) is 3.31. The molecule has 1 saturated carbocycles. The summed E-state index contributed by atoms with van der Waals surface area (Å²) in [7, 11) is 1.73. The molecule has 0 unspecified atom stereocenters. The summed E-state index contributed by atoms with van der Waals surface area (Å²) in [6.45, 7) is 0. The maximum absolute atomic E-state index is 12.4. The Labute approximate surface area is 119 Å². The van der Waals surface area contributed by atoms with Crippen molar-refractivity contribution in [2.45, 2.75) is 18.8 Å². The summed E-state index contributed by atoms with van der Waals surface area (Å²) in [4.78, 5) is 12.4. The van der Waals surface area contributed by atoms with Crippen molar-refractivity contribution in [1.82, 2.24) is 5.32 Å². The summed E-state index contributed by atoms with van der Waals surface area (Å²) < 4.78 is 0. The van der Waals surface area contributed by atoms with Gasteiger partial charge >= 0.3 is 0 Å². The summed E-state index contributed by atoms with van der Waals surface area (Å²) in [5, 5.41) is 2.85. The van der Waals surface area contributed by atoms with E-state index in [2.05, 4.69) is 29.6 Å². The molecule has 2 aromatic rings. The van der Waals surface area contributed by atoms with Crippen LogP contribution in [0.5, 0.6) is 0 Å². The van der Waals surface area contributed by atoms with Crippen LogP contribution in [0.25, 0.3) is 0 Å². The monoisotopic (exact) mass is 265 g/mol. The first kappa shape index (κ1) is 12.9. The highest BCUT2D eigenvalue weighted by Crippen LogP contribution is 2.58. The zero-order chi connectivity index (χ0) is 14.0. The average molecular weight is 265 g/mol. The number of benzene rings is 2. The number of rotatable bonds is 4. The maximum Gasteiger partial charge on any atom is 0.226 e. The number of hydrogen-bond donors (Lipinski definition) is 1. The van der Waals surface area contributed by atoms with E-state index in [0.29, 0.717) is 0 Å². The molecule has 0 radical (unpaired) electrons. The lowest BCUT2D eigenvalue weighted by molar-refractivity contribution is -0.126. The number of carbonyl (C=O) groups is 1. The van der Waals surface area contributed by atoms with E-state index >= 15 is 0 Å². The zero-order valence-electron chi connectivity index (χ0n) is 11.7. The minimum absolute atomic E-state index is 0.143. The fourth-order valence-electron chi connectivity index (χ4n) is 3.15. The molecule has 1 fully saturated rings. The van der Waals surface area contributed by atoms with Gasteiger partial charge in [-0.1, -0.05) is 60.7 Å². The number of nitrogens with one attached hydrogen (secondary N) is 1. The van der Waals surface area contributed by atoms with Crippen LogP contribution in [-0.2, 0) is 4.79 Å². The number of carbonyl (C=O) groups excluding carboxylic acids is 1. The molecular formula is C18H19NO. The molecule has 3 rings (SSSR count). The molecule has 0 bridgehead atoms. The van der Waals surface area contributed by atoms with Crippen molar-refractivity contribution < 1.29 is 4.79 Å². The molecule has 1 amide bonds. The van der Waals surface area contributed by atoms with Gasteiger partial charge in [-0.25, -0.2) is 0 Å². The second-order valence-electron chi connectivity index (χ2n) is 5.49. The van der Waals surface area contributed by atoms with Gasteiger partial charge in [-0.05, 0) is 24.0 Å². The van der Waals surface area contributed by atoms with Crippen molar-refractivity contribution in [2.75, 3.05) is 7.05 Å². The molecule has 20 heavy (non-hydrogen) atoms. The van der Waals surface area contributed by atoms with E-state index in [4.69, 9.17) is 0 Å². The van der Waals surface area contributed by atoms with Crippen LogP contribution in [0.15, 0.2) is 60.7 Å². The van der Waals surface area contributed by atoms with Crippen molar-refractivity contribution in [3.63, 3.8) is 0 Å². The van der Waals surface area contributed by atoms with E-state index in [9.17, 15) is 4.79 Å². The number of hydrogen-bond acceptors (Lipinski definition) is 1. The Hall–Kier alpha value is -2.09. The minimum atomic E-state index is -0.266. The first-order valence-corrected chi connectivity index (χ1v) is 7.10. The van der Waals surface area contributed by atoms with Crippen molar-refractivity contribution in [2.24, 2.45) is 5.41 Å². The Balaban J connectivity index is 2.08. The highest BCUT2D eigenvalue weighted by Gasteiger charge is 2.55. The van der Waals surface area contributed by atoms with E-state index in [-0.39, 0.29) is 17.2 Å². The van der Waals surface area contributed by atoms with Crippen LogP contribution in [0.4, 0.5) is 0 Å². The molecule has 0 saturated heterocycles. The smallest absolute Gasteiger partial charge is 0.226 e. The van der Waals surface area contributed by atoms with Gasteiger partial charge in [0.2, 0.25) is 5.91 Å². The van der Waals surface area contributed by atoms with Crippen molar-refractivity contribution in [3.8, 4) is 0 Å². The van der Waals surface area contributed by atoms with Gasteiger partial charge < -0.3 is 5.32 Å². The first-order valence-electron chi connectivity index (χ1n) is 7.10. The van der Waals surface area contributed by atoms with Crippen molar-refractivity contribution in [3.05, 3.63) is 71.8 Å². The van der Waals surface area contributed by atoms with E-state index in [1.807, 2.05) is 36.4 Å². The van der Waals surface area contributed by atoms with Gasteiger partial charge in [-0.15, -0.1) is 0 Å². The molecule has 0 atom stereocenters. The molecule has 0 aliphatic heterocycles. The van der Waals surface area contributed by atoms with Crippen LogP contribution in [0.2, 0.25) is 0 Å². The molecule has 1 aliphatic rings. The Morgan fingerprint density at radius 1 is 0.950 bits per heavy atom. The van der Waals surface area contributed by atoms with Crippen LogP contribution < -0.4 is 5.32 Å². The van der Waals surface area contributed by atoms with Crippen LogP contribution in [-0.4, -0.2) is 13.0 Å². The average Bonchev–Trinajstić information content (AvgIpc) is 3.30. The van der Waals surface area contributed by atoms with Crippen molar-refractivity contribution >= 4 is 5.91 Å². The van der Waals surface area contributed by atoms with Crippen LogP contribution in [0.3, 0.4) is 0 Å². The van der Waals surface area contributed by atoms with Gasteiger partial charge in [-0.3, -0.25) is 4.79 Å². The lowest BCUT2D eigenvalue weighted by Gasteiger charge is -2.26. The lowest BCUT2D eigenvalue weighted by atomic mass is 9.77. The molecule has 102 valence electrons. The highest BCUT2D eigenvalue weighted by molar-refractivity contribution is 5.87. The third kappa shape index (κ3) is 2.11. The standard InChI is InChI=1S/C18H19NO/c1-19-17(20)18(12-13-18)16(14-8-4-2-5-9-14)15-10-6-3-7-11-15/h2-11,16H,12-13H2,1H3,(H,19,20). The summed E-state index contributed by atoms with van der Waals surface area (Å²) >= 11 is 0. The topological polar surface area (TPSA) is 29.1 Å². The highest BCUT2D eigenvalue weighted by atomic mass is 16.2. The Morgan fingerprint density at radius 2 is 1.40 bits per heavy atom. The van der Waals surface area contributed by atoms with Gasteiger partial charge in [0.1, 0.15) is 0 Å². The van der Waals surface area contributed by atoms with Crippen LogP contribution >= 0.6 is 0 Å². The molecule has 2 heteroatoms. The fourth-order valence-corrected chi connectivity index (χ4v) is 3.15. The van der Waals surface area contributed by atoms with Crippen LogP contribution in [0, 0.1) is 5.41 Å². The second-order valence-corrected chi connectivity index (χ2v) is 5.49. The van der Waals surface area contributed by atoms with E-state index in [1.54, 1.807) is 7.05 Å². The minimum Gasteiger partial charge on any atom is -0.359 e. The van der Waals surface area contributed by atoms with Gasteiger partial charge in [-0.2, -0.15) is 0 Å². The van der Waals surface area contributed by atoms with E-state index in [1.165, 1.54) is 11.1 Å². The third-order valence-electron chi connectivity index (χ3n) is 4.29.